The summed E-state index contributed by atoms with van der Waals surface area (Å²) in [4.78, 5) is 7.59. The molecule has 0 aliphatic heterocycles. The molecule has 0 aliphatic rings. The molecule has 0 bridgehead atoms. The SMILES string of the molecule is Cc1sc2ccccc2c1-c1cc(-c2cc(C(C)(C)C)c3ccccc3c2)nc2sccc12. The minimum atomic E-state index is 0.0472. The molecule has 0 saturated carbocycles. The zero-order valence-electron chi connectivity index (χ0n) is 19.3. The summed E-state index contributed by atoms with van der Waals surface area (Å²) in [5.74, 6) is 0. The van der Waals surface area contributed by atoms with Crippen molar-refractivity contribution >= 4 is 53.7 Å². The van der Waals surface area contributed by atoms with Crippen LogP contribution in [0, 0.1) is 6.92 Å². The van der Waals surface area contributed by atoms with Gasteiger partial charge in [-0.3, -0.25) is 0 Å². The number of hydrogen-bond donors (Lipinski definition) is 0. The summed E-state index contributed by atoms with van der Waals surface area (Å²) in [6.45, 7) is 9.12. The zero-order valence-corrected chi connectivity index (χ0v) is 20.9. The second-order valence-corrected chi connectivity index (χ2v) is 11.9. The van der Waals surface area contributed by atoms with E-state index in [1.165, 1.54) is 53.4 Å². The molecule has 0 radical (unpaired) electrons. The lowest BCUT2D eigenvalue weighted by molar-refractivity contribution is 0.596. The highest BCUT2D eigenvalue weighted by atomic mass is 32.1. The van der Waals surface area contributed by atoms with E-state index in [4.69, 9.17) is 4.98 Å². The first-order valence-electron chi connectivity index (χ1n) is 11.3. The fraction of sp³-hybridized carbons (Fsp3) is 0.167. The molecule has 0 atom stereocenters. The van der Waals surface area contributed by atoms with Crippen molar-refractivity contribution in [2.24, 2.45) is 0 Å². The number of fused-ring (bicyclic) bond motifs is 3. The standard InChI is InChI=1S/C30H25NS2/c1-18-28(23-11-7-8-12-27(23)33-18)24-17-26(31-29-22(24)13-14-32-29)20-15-19-9-5-6-10-21(19)25(16-20)30(2,3)4/h5-17H,1-4H3. The van der Waals surface area contributed by atoms with Crippen LogP contribution in [0.15, 0.2) is 78.2 Å². The lowest BCUT2D eigenvalue weighted by atomic mass is 9.82. The number of aromatic nitrogens is 1. The summed E-state index contributed by atoms with van der Waals surface area (Å²) in [6, 6.07) is 26.6. The summed E-state index contributed by atoms with van der Waals surface area (Å²) in [5, 5.41) is 7.33. The van der Waals surface area contributed by atoms with E-state index < -0.39 is 0 Å². The molecule has 162 valence electrons. The molecule has 3 heteroatoms. The molecule has 6 aromatic rings. The maximum Gasteiger partial charge on any atom is 0.124 e. The van der Waals surface area contributed by atoms with Crippen LogP contribution in [0.4, 0.5) is 0 Å². The van der Waals surface area contributed by atoms with Crippen molar-refractivity contribution in [2.45, 2.75) is 33.1 Å². The Morgan fingerprint density at radius 1 is 0.788 bits per heavy atom. The number of aryl methyl sites for hydroxylation is 1. The maximum absolute atomic E-state index is 5.14. The van der Waals surface area contributed by atoms with Gasteiger partial charge in [-0.1, -0.05) is 63.2 Å². The van der Waals surface area contributed by atoms with Gasteiger partial charge in [-0.25, -0.2) is 4.98 Å². The number of thiophene rings is 2. The first-order chi connectivity index (χ1) is 15.9. The fourth-order valence-electron chi connectivity index (χ4n) is 4.89. The number of benzene rings is 3. The average Bonchev–Trinajstić information content (AvgIpc) is 3.40. The molecule has 0 spiro atoms. The number of hydrogen-bond acceptors (Lipinski definition) is 3. The van der Waals surface area contributed by atoms with Gasteiger partial charge in [0.15, 0.2) is 0 Å². The third-order valence-electron chi connectivity index (χ3n) is 6.44. The first-order valence-corrected chi connectivity index (χ1v) is 13.0. The van der Waals surface area contributed by atoms with E-state index in [2.05, 4.69) is 106 Å². The van der Waals surface area contributed by atoms with E-state index in [0.29, 0.717) is 0 Å². The Kier molecular flexibility index (Phi) is 4.69. The monoisotopic (exact) mass is 463 g/mol. The van der Waals surface area contributed by atoms with E-state index in [1.54, 1.807) is 11.3 Å². The predicted molar refractivity (Wildman–Crippen MR) is 147 cm³/mol. The van der Waals surface area contributed by atoms with Crippen LogP contribution in [0.3, 0.4) is 0 Å². The van der Waals surface area contributed by atoms with Gasteiger partial charge in [-0.15, -0.1) is 22.7 Å². The van der Waals surface area contributed by atoms with E-state index in [-0.39, 0.29) is 5.41 Å². The van der Waals surface area contributed by atoms with Crippen LogP contribution in [0.1, 0.15) is 31.2 Å². The molecule has 0 saturated heterocycles. The van der Waals surface area contributed by atoms with Crippen molar-refractivity contribution in [1.29, 1.82) is 0 Å². The highest BCUT2D eigenvalue weighted by molar-refractivity contribution is 7.19. The third kappa shape index (κ3) is 3.38. The topological polar surface area (TPSA) is 12.9 Å². The summed E-state index contributed by atoms with van der Waals surface area (Å²) in [7, 11) is 0. The predicted octanol–water partition coefficient (Wildman–Crippen LogP) is 9.60. The van der Waals surface area contributed by atoms with Crippen molar-refractivity contribution in [3.05, 3.63) is 88.6 Å². The lowest BCUT2D eigenvalue weighted by Crippen LogP contribution is -2.12. The minimum Gasteiger partial charge on any atom is -0.237 e. The molecule has 3 aromatic carbocycles. The largest absolute Gasteiger partial charge is 0.237 e. The van der Waals surface area contributed by atoms with Crippen LogP contribution < -0.4 is 0 Å². The highest BCUT2D eigenvalue weighted by Crippen LogP contribution is 2.43. The van der Waals surface area contributed by atoms with Gasteiger partial charge in [0, 0.05) is 31.5 Å². The summed E-state index contributed by atoms with van der Waals surface area (Å²) in [6.07, 6.45) is 0. The molecule has 0 aliphatic carbocycles. The smallest absolute Gasteiger partial charge is 0.124 e. The zero-order chi connectivity index (χ0) is 22.7. The van der Waals surface area contributed by atoms with Gasteiger partial charge in [-0.2, -0.15) is 0 Å². The van der Waals surface area contributed by atoms with Crippen LogP contribution in [-0.4, -0.2) is 4.98 Å². The first kappa shape index (κ1) is 20.6. The number of nitrogens with zero attached hydrogens (tertiary/aromatic N) is 1. The van der Waals surface area contributed by atoms with Gasteiger partial charge in [0.1, 0.15) is 4.83 Å². The van der Waals surface area contributed by atoms with E-state index >= 15 is 0 Å². The fourth-order valence-corrected chi connectivity index (χ4v) is 6.75. The Balaban J connectivity index is 1.66. The van der Waals surface area contributed by atoms with E-state index in [1.807, 2.05) is 11.3 Å². The lowest BCUT2D eigenvalue weighted by Gasteiger charge is -2.23. The second-order valence-electron chi connectivity index (χ2n) is 9.72. The molecular formula is C30H25NS2. The molecule has 0 N–H and O–H groups in total. The van der Waals surface area contributed by atoms with Crippen LogP contribution >= 0.6 is 22.7 Å². The molecule has 3 aromatic heterocycles. The minimum absolute atomic E-state index is 0.0472. The second kappa shape index (κ2) is 7.51. The van der Waals surface area contributed by atoms with Crippen molar-refractivity contribution in [2.75, 3.05) is 0 Å². The van der Waals surface area contributed by atoms with Crippen molar-refractivity contribution in [3.63, 3.8) is 0 Å². The van der Waals surface area contributed by atoms with Gasteiger partial charge in [0.05, 0.1) is 5.69 Å². The summed E-state index contributed by atoms with van der Waals surface area (Å²) >= 11 is 3.60. The van der Waals surface area contributed by atoms with Gasteiger partial charge >= 0.3 is 0 Å². The van der Waals surface area contributed by atoms with Crippen molar-refractivity contribution in [3.8, 4) is 22.4 Å². The molecule has 6 rings (SSSR count). The Morgan fingerprint density at radius 2 is 1.55 bits per heavy atom. The van der Waals surface area contributed by atoms with Gasteiger partial charge in [0.25, 0.3) is 0 Å². The highest BCUT2D eigenvalue weighted by Gasteiger charge is 2.20. The Labute approximate surface area is 202 Å². The third-order valence-corrected chi connectivity index (χ3v) is 8.34. The average molecular weight is 464 g/mol. The normalized spacial score (nSPS) is 12.2. The van der Waals surface area contributed by atoms with Gasteiger partial charge < -0.3 is 0 Å². The molecule has 33 heavy (non-hydrogen) atoms. The van der Waals surface area contributed by atoms with Crippen LogP contribution in [0.5, 0.6) is 0 Å². The van der Waals surface area contributed by atoms with E-state index in [0.717, 1.165) is 10.5 Å². The molecule has 0 amide bonds. The maximum atomic E-state index is 5.14. The van der Waals surface area contributed by atoms with Gasteiger partial charge in [0.2, 0.25) is 0 Å². The molecule has 3 heterocycles. The molecule has 0 unspecified atom stereocenters. The summed E-state index contributed by atoms with van der Waals surface area (Å²) < 4.78 is 1.34. The molecule has 1 nitrogen and oxygen atoms in total. The molecule has 0 fully saturated rings. The van der Waals surface area contributed by atoms with Crippen molar-refractivity contribution in [1.82, 2.24) is 4.98 Å². The van der Waals surface area contributed by atoms with Crippen LogP contribution in [0.25, 0.3) is 53.5 Å². The van der Waals surface area contributed by atoms with Gasteiger partial charge in [-0.05, 0) is 69.9 Å². The van der Waals surface area contributed by atoms with Crippen LogP contribution in [-0.2, 0) is 5.41 Å². The quantitative estimate of drug-likeness (QED) is 0.249. The van der Waals surface area contributed by atoms with Crippen molar-refractivity contribution < 1.29 is 0 Å². The Morgan fingerprint density at radius 3 is 2.36 bits per heavy atom. The molecular weight excluding hydrogens is 438 g/mol. The number of rotatable bonds is 2. The Hall–Kier alpha value is -3.01. The number of pyridine rings is 1. The van der Waals surface area contributed by atoms with Crippen LogP contribution in [0.2, 0.25) is 0 Å². The van der Waals surface area contributed by atoms with E-state index in [9.17, 15) is 0 Å². The Bertz CT molecular complexity index is 1660. The summed E-state index contributed by atoms with van der Waals surface area (Å²) in [5.41, 5.74) is 6.28.